The SMILES string of the molecule is Cc1cc(C)nc(-n2nc(C)cc2NS(=O)(=O)CCl)n1. The highest BCUT2D eigenvalue weighted by molar-refractivity contribution is 7.93. The van der Waals surface area contributed by atoms with Crippen LogP contribution in [0.3, 0.4) is 0 Å². The van der Waals surface area contributed by atoms with E-state index in [4.69, 9.17) is 11.6 Å². The van der Waals surface area contributed by atoms with Crippen LogP contribution in [0.15, 0.2) is 12.1 Å². The van der Waals surface area contributed by atoms with Gasteiger partial charge < -0.3 is 0 Å². The summed E-state index contributed by atoms with van der Waals surface area (Å²) < 4.78 is 26.8. The van der Waals surface area contributed by atoms with Gasteiger partial charge in [-0.25, -0.2) is 18.4 Å². The smallest absolute Gasteiger partial charge is 0.252 e. The molecule has 2 heterocycles. The molecule has 0 spiro atoms. The maximum Gasteiger partial charge on any atom is 0.252 e. The van der Waals surface area contributed by atoms with Crippen LogP contribution in [-0.4, -0.2) is 33.4 Å². The molecule has 0 radical (unpaired) electrons. The van der Waals surface area contributed by atoms with Crippen molar-refractivity contribution >= 4 is 27.4 Å². The Balaban J connectivity index is 2.52. The second-order valence-electron chi connectivity index (χ2n) is 4.36. The zero-order valence-electron chi connectivity index (χ0n) is 11.3. The quantitative estimate of drug-likeness (QED) is 0.864. The molecule has 1 N–H and O–H groups in total. The summed E-state index contributed by atoms with van der Waals surface area (Å²) >= 11 is 5.39. The number of halogens is 1. The van der Waals surface area contributed by atoms with Crippen LogP contribution in [-0.2, 0) is 10.0 Å². The number of sulfonamides is 1. The number of aryl methyl sites for hydroxylation is 3. The van der Waals surface area contributed by atoms with Gasteiger partial charge in [-0.1, -0.05) is 0 Å². The lowest BCUT2D eigenvalue weighted by Gasteiger charge is -2.08. The zero-order chi connectivity index (χ0) is 14.9. The zero-order valence-corrected chi connectivity index (χ0v) is 12.8. The van der Waals surface area contributed by atoms with Crippen LogP contribution in [0.1, 0.15) is 17.1 Å². The fraction of sp³-hybridized carbons (Fsp3) is 0.364. The lowest BCUT2D eigenvalue weighted by Crippen LogP contribution is -2.17. The molecule has 0 saturated carbocycles. The molecule has 0 unspecified atom stereocenters. The number of aromatic nitrogens is 4. The van der Waals surface area contributed by atoms with E-state index in [0.29, 0.717) is 11.6 Å². The lowest BCUT2D eigenvalue weighted by molar-refractivity contribution is 0.605. The van der Waals surface area contributed by atoms with Crippen LogP contribution in [0.4, 0.5) is 5.82 Å². The summed E-state index contributed by atoms with van der Waals surface area (Å²) in [5, 5.41) is 3.67. The normalized spacial score (nSPS) is 11.6. The van der Waals surface area contributed by atoms with Crippen LogP contribution in [0.5, 0.6) is 0 Å². The van der Waals surface area contributed by atoms with Crippen LogP contribution >= 0.6 is 11.6 Å². The maximum absolute atomic E-state index is 11.6. The van der Waals surface area contributed by atoms with Gasteiger partial charge in [0.2, 0.25) is 10.0 Å². The van der Waals surface area contributed by atoms with Gasteiger partial charge in [0.25, 0.3) is 5.95 Å². The van der Waals surface area contributed by atoms with Crippen molar-refractivity contribution in [1.29, 1.82) is 0 Å². The first kappa shape index (κ1) is 14.7. The average Bonchev–Trinajstić information content (AvgIpc) is 2.68. The van der Waals surface area contributed by atoms with E-state index in [1.807, 2.05) is 19.9 Å². The number of rotatable bonds is 4. The Hall–Kier alpha value is -1.67. The topological polar surface area (TPSA) is 89.8 Å². The van der Waals surface area contributed by atoms with E-state index in [1.54, 1.807) is 13.0 Å². The van der Waals surface area contributed by atoms with Gasteiger partial charge in [0.1, 0.15) is 11.0 Å². The Labute approximate surface area is 122 Å². The summed E-state index contributed by atoms with van der Waals surface area (Å²) in [5.41, 5.74) is 2.18. The largest absolute Gasteiger partial charge is 0.266 e. The fourth-order valence-electron chi connectivity index (χ4n) is 1.71. The first-order valence-corrected chi connectivity index (χ1v) is 7.95. The Bertz CT molecular complexity index is 721. The Kier molecular flexibility index (Phi) is 3.96. The standard InChI is InChI=1S/C11H14ClN5O2S/c1-7-4-8(2)14-11(13-7)17-10(5-9(3)15-17)16-20(18,19)6-12/h4-5,16H,6H2,1-3H3. The third-order valence-electron chi connectivity index (χ3n) is 2.40. The third kappa shape index (κ3) is 3.26. The van der Waals surface area contributed by atoms with Crippen molar-refractivity contribution in [3.8, 4) is 5.95 Å². The highest BCUT2D eigenvalue weighted by Crippen LogP contribution is 2.16. The molecule has 0 fully saturated rings. The molecule has 2 aromatic heterocycles. The van der Waals surface area contributed by atoms with Crippen LogP contribution in [0.25, 0.3) is 5.95 Å². The predicted octanol–water partition coefficient (Wildman–Crippen LogP) is 1.53. The van der Waals surface area contributed by atoms with E-state index >= 15 is 0 Å². The van der Waals surface area contributed by atoms with E-state index < -0.39 is 15.2 Å². The van der Waals surface area contributed by atoms with Crippen LogP contribution < -0.4 is 4.72 Å². The Morgan fingerprint density at radius 2 is 1.75 bits per heavy atom. The van der Waals surface area contributed by atoms with Crippen molar-refractivity contribution in [2.75, 3.05) is 9.93 Å². The number of hydrogen-bond acceptors (Lipinski definition) is 5. The minimum atomic E-state index is -3.61. The van der Waals surface area contributed by atoms with Crippen molar-refractivity contribution in [2.24, 2.45) is 0 Å². The third-order valence-corrected chi connectivity index (χ3v) is 4.06. The van der Waals surface area contributed by atoms with E-state index in [9.17, 15) is 8.42 Å². The minimum absolute atomic E-state index is 0.258. The fourth-order valence-corrected chi connectivity index (χ4v) is 2.40. The van der Waals surface area contributed by atoms with E-state index in [-0.39, 0.29) is 5.82 Å². The van der Waals surface area contributed by atoms with Crippen molar-refractivity contribution < 1.29 is 8.42 Å². The predicted molar refractivity (Wildman–Crippen MR) is 76.6 cm³/mol. The molecule has 0 saturated heterocycles. The van der Waals surface area contributed by atoms with Gasteiger partial charge in [-0.05, 0) is 26.8 Å². The molecule has 7 nitrogen and oxygen atoms in total. The van der Waals surface area contributed by atoms with Crippen LogP contribution in [0.2, 0.25) is 0 Å². The summed E-state index contributed by atoms with van der Waals surface area (Å²) in [6, 6.07) is 3.41. The molecule has 0 aliphatic rings. The summed E-state index contributed by atoms with van der Waals surface area (Å²) in [4.78, 5) is 8.51. The molecule has 0 aliphatic carbocycles. The molecule has 108 valence electrons. The van der Waals surface area contributed by atoms with Crippen molar-refractivity contribution in [1.82, 2.24) is 19.7 Å². The van der Waals surface area contributed by atoms with Gasteiger partial charge in [0.15, 0.2) is 0 Å². The van der Waals surface area contributed by atoms with Gasteiger partial charge in [-0.15, -0.1) is 11.6 Å². The molecular formula is C11H14ClN5O2S. The molecule has 0 amide bonds. The minimum Gasteiger partial charge on any atom is -0.266 e. The number of anilines is 1. The van der Waals surface area contributed by atoms with Crippen LogP contribution in [0, 0.1) is 20.8 Å². The summed E-state index contributed by atoms with van der Waals surface area (Å²) in [6.45, 7) is 5.41. The molecule has 9 heteroatoms. The number of nitrogens with zero attached hydrogens (tertiary/aromatic N) is 4. The van der Waals surface area contributed by atoms with Crippen molar-refractivity contribution in [3.05, 3.63) is 29.2 Å². The Morgan fingerprint density at radius 1 is 1.15 bits per heavy atom. The highest BCUT2D eigenvalue weighted by atomic mass is 35.5. The van der Waals surface area contributed by atoms with Crippen molar-refractivity contribution in [3.63, 3.8) is 0 Å². The van der Waals surface area contributed by atoms with E-state index in [0.717, 1.165) is 11.4 Å². The second-order valence-corrected chi connectivity index (χ2v) is 6.67. The first-order chi connectivity index (χ1) is 9.30. The van der Waals surface area contributed by atoms with Crippen molar-refractivity contribution in [2.45, 2.75) is 20.8 Å². The van der Waals surface area contributed by atoms with Gasteiger partial charge in [0, 0.05) is 17.5 Å². The second kappa shape index (κ2) is 5.37. The average molecular weight is 316 g/mol. The van der Waals surface area contributed by atoms with Gasteiger partial charge in [0.05, 0.1) is 5.69 Å². The summed E-state index contributed by atoms with van der Waals surface area (Å²) in [7, 11) is -3.61. The number of nitrogens with one attached hydrogen (secondary N) is 1. The lowest BCUT2D eigenvalue weighted by atomic mass is 10.4. The molecule has 2 aromatic rings. The van der Waals surface area contributed by atoms with Gasteiger partial charge in [-0.3, -0.25) is 4.72 Å². The number of alkyl halides is 1. The maximum atomic E-state index is 11.6. The molecule has 2 rings (SSSR count). The molecular weight excluding hydrogens is 302 g/mol. The van der Waals surface area contributed by atoms with Gasteiger partial charge >= 0.3 is 0 Å². The highest BCUT2D eigenvalue weighted by Gasteiger charge is 2.16. The monoisotopic (exact) mass is 315 g/mol. The van der Waals surface area contributed by atoms with E-state index in [1.165, 1.54) is 4.68 Å². The molecule has 0 aromatic carbocycles. The molecule has 0 bridgehead atoms. The number of hydrogen-bond donors (Lipinski definition) is 1. The van der Waals surface area contributed by atoms with Gasteiger partial charge in [-0.2, -0.15) is 9.78 Å². The summed E-state index contributed by atoms with van der Waals surface area (Å²) in [5.74, 6) is 0.566. The molecule has 20 heavy (non-hydrogen) atoms. The Morgan fingerprint density at radius 3 is 2.30 bits per heavy atom. The molecule has 0 atom stereocenters. The summed E-state index contributed by atoms with van der Waals surface area (Å²) in [6.07, 6.45) is 0. The first-order valence-electron chi connectivity index (χ1n) is 5.76. The molecule has 0 aliphatic heterocycles. The van der Waals surface area contributed by atoms with E-state index in [2.05, 4.69) is 19.8 Å².